The second kappa shape index (κ2) is 17.1. The summed E-state index contributed by atoms with van der Waals surface area (Å²) in [4.78, 5) is 0. The van der Waals surface area contributed by atoms with Crippen LogP contribution < -0.4 is 0 Å². The van der Waals surface area contributed by atoms with E-state index in [1.807, 2.05) is 0 Å². The molecule has 0 fully saturated rings. The van der Waals surface area contributed by atoms with E-state index in [0.29, 0.717) is 0 Å². The lowest BCUT2D eigenvalue weighted by Gasteiger charge is -2.47. The zero-order valence-corrected chi connectivity index (χ0v) is 31.1. The fourth-order valence-corrected chi connectivity index (χ4v) is 20.4. The van der Waals surface area contributed by atoms with Gasteiger partial charge in [-0.15, -0.1) is 0 Å². The van der Waals surface area contributed by atoms with Crippen LogP contribution in [-0.4, -0.2) is 24.2 Å². The molecule has 0 aliphatic heterocycles. The van der Waals surface area contributed by atoms with Crippen molar-refractivity contribution < 1.29 is 0 Å². The van der Waals surface area contributed by atoms with Crippen molar-refractivity contribution in [3.8, 4) is 0 Å². The van der Waals surface area contributed by atoms with E-state index in [0.717, 1.165) is 52.5 Å². The quantitative estimate of drug-likeness (QED) is 0.187. The molecule has 222 valence electrons. The molecule has 0 amide bonds. The third kappa shape index (κ3) is 9.85. The molecule has 0 aromatic heterocycles. The van der Waals surface area contributed by atoms with Gasteiger partial charge in [0.2, 0.25) is 0 Å². The van der Waals surface area contributed by atoms with Crippen LogP contribution in [0.4, 0.5) is 0 Å². The fourth-order valence-electron chi connectivity index (χ4n) is 7.71. The molecule has 0 bridgehead atoms. The summed E-state index contributed by atoms with van der Waals surface area (Å²) in [5.74, 6) is 0. The van der Waals surface area contributed by atoms with Crippen LogP contribution in [0.5, 0.6) is 0 Å². The molecule has 3 rings (SSSR count). The van der Waals surface area contributed by atoms with E-state index in [1.54, 1.807) is 0 Å². The van der Waals surface area contributed by atoms with E-state index in [2.05, 4.69) is 155 Å². The summed E-state index contributed by atoms with van der Waals surface area (Å²) in [6.07, 6.45) is 32.0. The van der Waals surface area contributed by atoms with Gasteiger partial charge in [-0.1, -0.05) is 173 Å². The molecule has 3 aliphatic rings. The Morgan fingerprint density at radius 1 is 0.487 bits per heavy atom. The van der Waals surface area contributed by atoms with Gasteiger partial charge in [0, 0.05) is 0 Å². The number of rotatable bonds is 9. The Morgan fingerprint density at radius 3 is 1.00 bits per heavy atom. The molecule has 0 nitrogen and oxygen atoms in total. The second-order valence-electron chi connectivity index (χ2n) is 14.1. The predicted molar refractivity (Wildman–Crippen MR) is 192 cm³/mol. The van der Waals surface area contributed by atoms with Gasteiger partial charge in [0.05, 0.1) is 24.2 Å². The summed E-state index contributed by atoms with van der Waals surface area (Å²) in [5.41, 5.74) is 4.91. The molecule has 0 saturated heterocycles. The third-order valence-corrected chi connectivity index (χ3v) is 26.2. The minimum atomic E-state index is -1.30. The van der Waals surface area contributed by atoms with Crippen molar-refractivity contribution in [3.05, 3.63) is 72.9 Å². The van der Waals surface area contributed by atoms with E-state index < -0.39 is 24.2 Å². The maximum atomic E-state index is 2.49. The third-order valence-electron chi connectivity index (χ3n) is 10.3. The zero-order chi connectivity index (χ0) is 29.7. The highest BCUT2D eigenvalue weighted by molar-refractivity contribution is 6.85. The summed E-state index contributed by atoms with van der Waals surface area (Å²) in [6, 6.07) is 4.29. The van der Waals surface area contributed by atoms with Crippen LogP contribution in [0.1, 0.15) is 81.6 Å². The average Bonchev–Trinajstić information content (AvgIpc) is 2.92. The van der Waals surface area contributed by atoms with Crippen molar-refractivity contribution in [2.75, 3.05) is 0 Å². The lowest BCUT2D eigenvalue weighted by atomic mass is 10.2. The Bertz CT molecular complexity index is 790. The van der Waals surface area contributed by atoms with Gasteiger partial charge in [-0.2, -0.15) is 0 Å². The molecule has 0 radical (unpaired) electrons. The lowest BCUT2D eigenvalue weighted by molar-refractivity contribution is 0.787. The Balaban J connectivity index is 0.000000300. The van der Waals surface area contributed by atoms with Crippen molar-refractivity contribution in [3.63, 3.8) is 0 Å². The Morgan fingerprint density at radius 2 is 0.769 bits per heavy atom. The van der Waals surface area contributed by atoms with E-state index in [-0.39, 0.29) is 0 Å². The topological polar surface area (TPSA) is 0 Å². The van der Waals surface area contributed by atoms with Crippen molar-refractivity contribution in [2.24, 2.45) is 0 Å². The average molecular weight is 583 g/mol. The van der Waals surface area contributed by atoms with Gasteiger partial charge in [0.15, 0.2) is 0 Å². The predicted octanol–water partition coefficient (Wildman–Crippen LogP) is 13.1. The van der Waals surface area contributed by atoms with Gasteiger partial charge in [0.1, 0.15) is 0 Å². The van der Waals surface area contributed by atoms with Gasteiger partial charge < -0.3 is 0 Å². The highest BCUT2D eigenvalue weighted by Gasteiger charge is 2.47. The van der Waals surface area contributed by atoms with Crippen LogP contribution in [0.2, 0.25) is 71.0 Å². The molecule has 0 saturated carbocycles. The molecule has 0 atom stereocenters. The van der Waals surface area contributed by atoms with Crippen LogP contribution in [0.3, 0.4) is 0 Å². The molecule has 0 N–H and O–H groups in total. The van der Waals surface area contributed by atoms with Crippen molar-refractivity contribution in [1.82, 2.24) is 0 Å². The number of hydrogen-bond acceptors (Lipinski definition) is 0. The highest BCUT2D eigenvalue weighted by atomic mass is 28.3. The fraction of sp³-hybridized carbons (Fsp3) is 0.667. The second-order valence-corrected chi connectivity index (χ2v) is 31.1. The summed E-state index contributed by atoms with van der Waals surface area (Å²) >= 11 is 0. The van der Waals surface area contributed by atoms with Gasteiger partial charge in [-0.05, 0) is 52.5 Å². The van der Waals surface area contributed by atoms with Crippen LogP contribution in [0.25, 0.3) is 0 Å². The van der Waals surface area contributed by atoms with Crippen LogP contribution >= 0.6 is 0 Å². The maximum Gasteiger partial charge on any atom is 0.0724 e. The molecule has 3 aliphatic carbocycles. The first-order chi connectivity index (χ1) is 18.3. The Hall–Kier alpha value is -0.909. The van der Waals surface area contributed by atoms with Crippen molar-refractivity contribution >= 4 is 24.2 Å². The van der Waals surface area contributed by atoms with Crippen LogP contribution in [-0.2, 0) is 0 Å². The first-order valence-corrected chi connectivity index (χ1v) is 24.9. The monoisotopic (exact) mass is 582 g/mol. The molecule has 39 heavy (non-hydrogen) atoms. The van der Waals surface area contributed by atoms with E-state index in [4.69, 9.17) is 0 Å². The molecule has 0 spiro atoms. The molecule has 0 aromatic rings. The normalized spacial score (nSPS) is 18.5. The van der Waals surface area contributed by atoms with E-state index in [9.17, 15) is 0 Å². The lowest BCUT2D eigenvalue weighted by Crippen LogP contribution is -2.48. The van der Waals surface area contributed by atoms with Crippen molar-refractivity contribution in [1.29, 1.82) is 0 Å². The molecular formula is C36H66Si3. The van der Waals surface area contributed by atoms with Gasteiger partial charge in [-0.3, -0.25) is 0 Å². The highest BCUT2D eigenvalue weighted by Crippen LogP contribution is 2.51. The van der Waals surface area contributed by atoms with E-state index >= 15 is 0 Å². The summed E-state index contributed by atoms with van der Waals surface area (Å²) in [7, 11) is -3.22. The van der Waals surface area contributed by atoms with Crippen LogP contribution in [0, 0.1) is 0 Å². The SMILES string of the molecule is CC(C)[Si](C(C)C)(C(C)C)C1C=CCC=C1.CC[Si](CC)(CC)C1C=CCC=C1.C[Si](C)(C)C1C=CCC=C1. The molecular weight excluding hydrogens is 517 g/mol. The van der Waals surface area contributed by atoms with Gasteiger partial charge in [-0.25, -0.2) is 0 Å². The summed E-state index contributed by atoms with van der Waals surface area (Å²) in [5, 5.41) is 0. The number of hydrogen-bond donors (Lipinski definition) is 0. The maximum absolute atomic E-state index is 2.49. The summed E-state index contributed by atoms with van der Waals surface area (Å²) in [6.45, 7) is 29.1. The smallest absolute Gasteiger partial charge is 0.0724 e. The number of allylic oxidation sites excluding steroid dienone is 12. The first kappa shape index (κ1) is 36.1. The minimum Gasteiger partial charge on any atom is -0.0845 e. The van der Waals surface area contributed by atoms with Crippen molar-refractivity contribution in [2.45, 2.75) is 153 Å². The van der Waals surface area contributed by atoms with Crippen LogP contribution in [0.15, 0.2) is 72.9 Å². The Kier molecular flexibility index (Phi) is 15.9. The van der Waals surface area contributed by atoms with E-state index in [1.165, 1.54) is 18.1 Å². The minimum absolute atomic E-state index is 0.751. The van der Waals surface area contributed by atoms with Gasteiger partial charge >= 0.3 is 0 Å². The Labute approximate surface area is 249 Å². The standard InChI is InChI=1S/C15H28Si.C12H22Si.C9H16Si/c1-12(2)16(13(3)4,14(5)6)15-10-8-7-9-11-15;1-4-13(5-2,6-3)12-10-8-7-9-11-12;1-10(2,3)9-7-5-4-6-8-9/h8-15H,7H2,1-6H3;8-12H,4-7H2,1-3H3;5-9H,4H2,1-3H3. The summed E-state index contributed by atoms with van der Waals surface area (Å²) < 4.78 is 0. The molecule has 0 aromatic carbocycles. The largest absolute Gasteiger partial charge is 0.0845 e. The molecule has 0 unspecified atom stereocenters. The molecule has 0 heterocycles. The molecule has 3 heteroatoms. The zero-order valence-electron chi connectivity index (χ0n) is 28.1. The first-order valence-electron chi connectivity index (χ1n) is 16.3. The van der Waals surface area contributed by atoms with Gasteiger partial charge in [0.25, 0.3) is 0 Å².